The topological polar surface area (TPSA) is 102 Å². The molecule has 2 aromatic carbocycles. The fourth-order valence-electron chi connectivity index (χ4n) is 4.08. The van der Waals surface area contributed by atoms with Gasteiger partial charge in [-0.2, -0.15) is 0 Å². The summed E-state index contributed by atoms with van der Waals surface area (Å²) in [5, 5.41) is 15.9. The second kappa shape index (κ2) is 12.9. The number of nitrogens with one attached hydrogen (secondary N) is 2. The van der Waals surface area contributed by atoms with Crippen LogP contribution in [0.2, 0.25) is 0 Å². The van der Waals surface area contributed by atoms with Crippen molar-refractivity contribution < 1.29 is 9.59 Å². The molecule has 0 unspecified atom stereocenters. The molecule has 4 aromatic rings. The number of aromatic nitrogens is 4. The Balaban J connectivity index is 1.46. The van der Waals surface area contributed by atoms with Gasteiger partial charge in [0.1, 0.15) is 0 Å². The van der Waals surface area contributed by atoms with Gasteiger partial charge >= 0.3 is 0 Å². The normalized spacial score (nSPS) is 11.8. The monoisotopic (exact) mass is 560 g/mol. The van der Waals surface area contributed by atoms with E-state index in [1.807, 2.05) is 80.8 Å². The number of hydrogen-bond donors (Lipinski definition) is 2. The largest absolute Gasteiger partial charge is 0.342 e. The van der Waals surface area contributed by atoms with E-state index in [0.717, 1.165) is 21.7 Å². The highest BCUT2D eigenvalue weighted by Gasteiger charge is 2.26. The van der Waals surface area contributed by atoms with Gasteiger partial charge in [-0.05, 0) is 31.9 Å². The molecule has 4 rings (SSSR count). The highest BCUT2D eigenvalue weighted by atomic mass is 32.2. The third kappa shape index (κ3) is 7.01. The number of thiazole rings is 1. The summed E-state index contributed by atoms with van der Waals surface area (Å²) in [7, 11) is 0. The minimum atomic E-state index is -0.372. The smallest absolute Gasteiger partial charge is 0.251 e. The Morgan fingerprint density at radius 2 is 1.87 bits per heavy atom. The number of anilines is 1. The van der Waals surface area contributed by atoms with E-state index in [0.29, 0.717) is 28.2 Å². The van der Waals surface area contributed by atoms with Crippen molar-refractivity contribution in [3.63, 3.8) is 0 Å². The maximum atomic E-state index is 13.0. The van der Waals surface area contributed by atoms with Gasteiger partial charge in [0.15, 0.2) is 16.1 Å². The van der Waals surface area contributed by atoms with Crippen molar-refractivity contribution in [2.75, 3.05) is 11.1 Å². The summed E-state index contributed by atoms with van der Waals surface area (Å²) >= 11 is 2.73. The highest BCUT2D eigenvalue weighted by Crippen LogP contribution is 2.31. The van der Waals surface area contributed by atoms with E-state index < -0.39 is 0 Å². The van der Waals surface area contributed by atoms with Crippen LogP contribution in [0.5, 0.6) is 0 Å². The van der Waals surface area contributed by atoms with E-state index in [-0.39, 0.29) is 29.5 Å². The lowest BCUT2D eigenvalue weighted by molar-refractivity contribution is -0.113. The molecule has 0 bridgehead atoms. The van der Waals surface area contributed by atoms with E-state index in [2.05, 4.69) is 32.4 Å². The third-order valence-corrected chi connectivity index (χ3v) is 7.84. The first-order chi connectivity index (χ1) is 18.8. The Labute approximate surface area is 237 Å². The van der Waals surface area contributed by atoms with Crippen LogP contribution in [0, 0.1) is 19.8 Å². The number of carbonyl (C=O) groups is 2. The summed E-state index contributed by atoms with van der Waals surface area (Å²) in [6, 6.07) is 17.0. The number of aryl methyl sites for hydroxylation is 2. The molecule has 202 valence electrons. The summed E-state index contributed by atoms with van der Waals surface area (Å²) in [5.74, 6) is 0.455. The fraction of sp³-hybridized carbons (Fsp3) is 0.276. The molecule has 2 amide bonds. The fourth-order valence-corrected chi connectivity index (χ4v) is 5.68. The van der Waals surface area contributed by atoms with Gasteiger partial charge in [0.25, 0.3) is 5.91 Å². The maximum absolute atomic E-state index is 13.0. The zero-order valence-corrected chi connectivity index (χ0v) is 24.1. The molecule has 0 saturated heterocycles. The standard InChI is InChI=1S/C29H32N6O2S2/c1-6-15-35-26(24(18(2)3)31-27(37)22-14-10-11-19(4)16-22)33-34-29(35)38-17-23(36)30-28-32-25(20(5)39-28)21-12-8-7-9-13-21/h6-14,16,18,24H,1,15,17H2,2-5H3,(H,31,37)(H,30,32,36)/t24-/m0/s1. The molecule has 0 aliphatic rings. The second-order valence-corrected chi connectivity index (χ2v) is 11.6. The SMILES string of the molecule is C=CCn1c(SCC(=O)Nc2nc(-c3ccccc3)c(C)s2)nnc1[C@@H](NC(=O)c1cccc(C)c1)C(C)C. The molecule has 10 heteroatoms. The molecular weight excluding hydrogens is 528 g/mol. The molecular formula is C29H32N6O2S2. The maximum Gasteiger partial charge on any atom is 0.251 e. The van der Waals surface area contributed by atoms with Crippen molar-refractivity contribution >= 4 is 40.0 Å². The number of amides is 2. The van der Waals surface area contributed by atoms with E-state index in [4.69, 9.17) is 0 Å². The van der Waals surface area contributed by atoms with Gasteiger partial charge in [-0.3, -0.25) is 9.59 Å². The Morgan fingerprint density at radius 1 is 1.10 bits per heavy atom. The molecule has 2 N–H and O–H groups in total. The molecule has 2 heterocycles. The zero-order chi connectivity index (χ0) is 27.9. The van der Waals surface area contributed by atoms with Crippen LogP contribution in [0.1, 0.15) is 46.5 Å². The van der Waals surface area contributed by atoms with Crippen molar-refractivity contribution in [1.29, 1.82) is 0 Å². The quantitative estimate of drug-likeness (QED) is 0.171. The molecule has 0 aliphatic heterocycles. The van der Waals surface area contributed by atoms with Crippen molar-refractivity contribution in [2.24, 2.45) is 5.92 Å². The van der Waals surface area contributed by atoms with E-state index in [9.17, 15) is 9.59 Å². The van der Waals surface area contributed by atoms with E-state index in [1.165, 1.54) is 23.1 Å². The molecule has 0 spiro atoms. The molecule has 0 saturated carbocycles. The molecule has 1 atom stereocenters. The van der Waals surface area contributed by atoms with Crippen molar-refractivity contribution in [2.45, 2.75) is 45.4 Å². The number of nitrogens with zero attached hydrogens (tertiary/aromatic N) is 4. The minimum absolute atomic E-state index is 0.0552. The summed E-state index contributed by atoms with van der Waals surface area (Å²) in [5.41, 5.74) is 3.49. The van der Waals surface area contributed by atoms with Gasteiger partial charge in [0.05, 0.1) is 17.5 Å². The van der Waals surface area contributed by atoms with Crippen LogP contribution in [-0.2, 0) is 11.3 Å². The number of benzene rings is 2. The number of carbonyl (C=O) groups excluding carboxylic acids is 2. The molecule has 0 aliphatic carbocycles. The van der Waals surface area contributed by atoms with Gasteiger partial charge in [0, 0.05) is 22.5 Å². The van der Waals surface area contributed by atoms with Gasteiger partial charge in [0.2, 0.25) is 5.91 Å². The van der Waals surface area contributed by atoms with Crippen molar-refractivity contribution in [3.8, 4) is 11.3 Å². The third-order valence-electron chi connectivity index (χ3n) is 5.99. The molecule has 8 nitrogen and oxygen atoms in total. The average molecular weight is 561 g/mol. The number of thioether (sulfide) groups is 1. The Kier molecular flexibility index (Phi) is 9.32. The van der Waals surface area contributed by atoms with Crippen LogP contribution in [0.25, 0.3) is 11.3 Å². The average Bonchev–Trinajstić information content (AvgIpc) is 3.48. The van der Waals surface area contributed by atoms with Crippen LogP contribution in [0.4, 0.5) is 5.13 Å². The van der Waals surface area contributed by atoms with Gasteiger partial charge in [-0.15, -0.1) is 28.1 Å². The lowest BCUT2D eigenvalue weighted by Gasteiger charge is -2.22. The molecule has 39 heavy (non-hydrogen) atoms. The minimum Gasteiger partial charge on any atom is -0.342 e. The highest BCUT2D eigenvalue weighted by molar-refractivity contribution is 7.99. The zero-order valence-electron chi connectivity index (χ0n) is 22.5. The van der Waals surface area contributed by atoms with E-state index in [1.54, 1.807) is 12.1 Å². The van der Waals surface area contributed by atoms with Gasteiger partial charge in [-0.25, -0.2) is 4.98 Å². The molecule has 2 aromatic heterocycles. The van der Waals surface area contributed by atoms with Crippen LogP contribution < -0.4 is 10.6 Å². The molecule has 0 radical (unpaired) electrons. The summed E-state index contributed by atoms with van der Waals surface area (Å²) < 4.78 is 1.90. The van der Waals surface area contributed by atoms with Crippen LogP contribution in [0.3, 0.4) is 0 Å². The Hall–Kier alpha value is -3.76. The van der Waals surface area contributed by atoms with Gasteiger partial charge < -0.3 is 15.2 Å². The second-order valence-electron chi connectivity index (χ2n) is 9.43. The van der Waals surface area contributed by atoms with Crippen LogP contribution in [0.15, 0.2) is 72.4 Å². The first-order valence-electron chi connectivity index (χ1n) is 12.6. The lowest BCUT2D eigenvalue weighted by atomic mass is 10.0. The summed E-state index contributed by atoms with van der Waals surface area (Å²) in [4.78, 5) is 31.5. The van der Waals surface area contributed by atoms with Crippen LogP contribution in [-0.4, -0.2) is 37.3 Å². The Bertz CT molecular complexity index is 1460. The van der Waals surface area contributed by atoms with Crippen molar-refractivity contribution in [1.82, 2.24) is 25.1 Å². The number of rotatable bonds is 11. The van der Waals surface area contributed by atoms with E-state index >= 15 is 0 Å². The van der Waals surface area contributed by atoms with Crippen molar-refractivity contribution in [3.05, 3.63) is 89.1 Å². The first kappa shape index (κ1) is 28.3. The number of allylic oxidation sites excluding steroid dienone is 1. The molecule has 0 fully saturated rings. The van der Waals surface area contributed by atoms with Gasteiger partial charge in [-0.1, -0.05) is 79.7 Å². The lowest BCUT2D eigenvalue weighted by Crippen LogP contribution is -2.34. The summed E-state index contributed by atoms with van der Waals surface area (Å²) in [6.45, 7) is 12.3. The predicted octanol–water partition coefficient (Wildman–Crippen LogP) is 6.06. The Morgan fingerprint density at radius 3 is 2.56 bits per heavy atom. The summed E-state index contributed by atoms with van der Waals surface area (Å²) in [6.07, 6.45) is 1.75. The predicted molar refractivity (Wildman–Crippen MR) is 158 cm³/mol. The number of hydrogen-bond acceptors (Lipinski definition) is 7. The van der Waals surface area contributed by atoms with Crippen LogP contribution >= 0.6 is 23.1 Å². The first-order valence-corrected chi connectivity index (χ1v) is 14.4.